The summed E-state index contributed by atoms with van der Waals surface area (Å²) in [5.74, 6) is 0.155. The first-order valence-electron chi connectivity index (χ1n) is 14.2. The quantitative estimate of drug-likeness (QED) is 0.171. The van der Waals surface area contributed by atoms with E-state index in [1.807, 2.05) is 74.5 Å². The highest BCUT2D eigenvalue weighted by Crippen LogP contribution is 2.30. The average molecular weight is 566 g/mol. The summed E-state index contributed by atoms with van der Waals surface area (Å²) in [6.45, 7) is 12.1. The van der Waals surface area contributed by atoms with Crippen molar-refractivity contribution in [1.82, 2.24) is 15.3 Å². The number of nitrogens with one attached hydrogen (secondary N) is 3. The number of anilines is 3. The molecule has 0 spiro atoms. The summed E-state index contributed by atoms with van der Waals surface area (Å²) in [5, 5.41) is 9.22. The lowest BCUT2D eigenvalue weighted by Crippen LogP contribution is -2.25. The minimum atomic E-state index is -0.161. The smallest absolute Gasteiger partial charge is 0.255 e. The van der Waals surface area contributed by atoms with E-state index in [2.05, 4.69) is 41.7 Å². The number of aromatic nitrogens is 2. The minimum Gasteiger partial charge on any atom is -0.382 e. The van der Waals surface area contributed by atoms with Crippen LogP contribution in [0, 0.1) is 6.92 Å². The van der Waals surface area contributed by atoms with Crippen LogP contribution in [0.5, 0.6) is 0 Å². The number of benzene rings is 3. The van der Waals surface area contributed by atoms with Gasteiger partial charge in [-0.2, -0.15) is 0 Å². The van der Waals surface area contributed by atoms with E-state index in [0.717, 1.165) is 40.2 Å². The third-order valence-electron chi connectivity index (χ3n) is 6.85. The molecule has 42 heavy (non-hydrogen) atoms. The van der Waals surface area contributed by atoms with Crippen molar-refractivity contribution >= 4 is 29.1 Å². The van der Waals surface area contributed by atoms with Crippen LogP contribution in [0.4, 0.5) is 17.3 Å². The third-order valence-corrected chi connectivity index (χ3v) is 6.85. The van der Waals surface area contributed by atoms with E-state index in [0.29, 0.717) is 36.8 Å². The molecule has 0 radical (unpaired) electrons. The van der Waals surface area contributed by atoms with Crippen molar-refractivity contribution in [1.29, 1.82) is 0 Å². The van der Waals surface area contributed by atoms with E-state index < -0.39 is 0 Å². The predicted molar refractivity (Wildman–Crippen MR) is 168 cm³/mol. The number of nitrogens with zero attached hydrogens (tertiary/aromatic N) is 2. The van der Waals surface area contributed by atoms with Crippen LogP contribution < -0.4 is 16.0 Å². The number of amides is 2. The second kappa shape index (κ2) is 13.9. The van der Waals surface area contributed by atoms with Gasteiger partial charge < -0.3 is 20.7 Å². The molecule has 0 unspecified atom stereocenters. The van der Waals surface area contributed by atoms with Gasteiger partial charge in [0.1, 0.15) is 0 Å². The maximum atomic E-state index is 13.3. The van der Waals surface area contributed by atoms with E-state index in [4.69, 9.17) is 9.72 Å². The van der Waals surface area contributed by atoms with Gasteiger partial charge >= 0.3 is 0 Å². The Hall–Kier alpha value is -4.56. The predicted octanol–water partition coefficient (Wildman–Crippen LogP) is 6.90. The van der Waals surface area contributed by atoms with Gasteiger partial charge in [0.25, 0.3) is 11.8 Å². The van der Waals surface area contributed by atoms with Gasteiger partial charge in [0.05, 0.1) is 5.69 Å². The van der Waals surface area contributed by atoms with E-state index in [1.54, 1.807) is 18.3 Å². The van der Waals surface area contributed by atoms with Crippen LogP contribution in [0.15, 0.2) is 79.0 Å². The Morgan fingerprint density at radius 1 is 0.905 bits per heavy atom. The average Bonchev–Trinajstić information content (AvgIpc) is 2.98. The monoisotopic (exact) mass is 565 g/mol. The molecule has 0 bridgehead atoms. The first-order valence-corrected chi connectivity index (χ1v) is 14.2. The highest BCUT2D eigenvalue weighted by Gasteiger charge is 2.22. The number of carbonyl (C=O) groups is 2. The fourth-order valence-corrected chi connectivity index (χ4v) is 4.60. The van der Waals surface area contributed by atoms with E-state index in [-0.39, 0.29) is 17.2 Å². The van der Waals surface area contributed by atoms with Crippen LogP contribution in [0.1, 0.15) is 66.0 Å². The second-order valence-electron chi connectivity index (χ2n) is 11.0. The van der Waals surface area contributed by atoms with E-state index in [9.17, 15) is 9.59 Å². The van der Waals surface area contributed by atoms with Gasteiger partial charge in [-0.3, -0.25) is 9.59 Å². The summed E-state index contributed by atoms with van der Waals surface area (Å²) in [6.07, 6.45) is 2.46. The fraction of sp³-hybridized carbons (Fsp3) is 0.294. The summed E-state index contributed by atoms with van der Waals surface area (Å²) in [4.78, 5) is 34.8. The van der Waals surface area contributed by atoms with Crippen molar-refractivity contribution in [3.05, 3.63) is 101 Å². The Balaban J connectivity index is 1.46. The Morgan fingerprint density at radius 2 is 1.67 bits per heavy atom. The fourth-order valence-electron chi connectivity index (χ4n) is 4.60. The summed E-state index contributed by atoms with van der Waals surface area (Å²) in [5.41, 5.74) is 6.06. The molecule has 4 aromatic rings. The van der Waals surface area contributed by atoms with Gasteiger partial charge in [-0.05, 0) is 79.3 Å². The molecule has 0 saturated heterocycles. The molecule has 3 N–H and O–H groups in total. The lowest BCUT2D eigenvalue weighted by Gasteiger charge is -2.22. The lowest BCUT2D eigenvalue weighted by molar-refractivity contribution is 0.0943. The molecule has 8 nitrogen and oxygen atoms in total. The van der Waals surface area contributed by atoms with Crippen molar-refractivity contribution in [3.63, 3.8) is 0 Å². The van der Waals surface area contributed by atoms with Crippen LogP contribution in [-0.4, -0.2) is 41.5 Å². The second-order valence-corrected chi connectivity index (χ2v) is 11.0. The van der Waals surface area contributed by atoms with Crippen LogP contribution in [0.25, 0.3) is 11.3 Å². The van der Waals surface area contributed by atoms with Crippen molar-refractivity contribution < 1.29 is 14.3 Å². The maximum Gasteiger partial charge on any atom is 0.255 e. The number of carbonyl (C=O) groups excluding carboxylic acids is 2. The topological polar surface area (TPSA) is 105 Å². The summed E-state index contributed by atoms with van der Waals surface area (Å²) >= 11 is 0. The molecule has 0 aliphatic rings. The van der Waals surface area contributed by atoms with Crippen molar-refractivity contribution in [2.75, 3.05) is 30.4 Å². The van der Waals surface area contributed by atoms with Crippen molar-refractivity contribution in [3.8, 4) is 11.3 Å². The van der Waals surface area contributed by atoms with Gasteiger partial charge in [-0.15, -0.1) is 0 Å². The molecule has 1 aromatic heterocycles. The molecule has 0 aliphatic heterocycles. The van der Waals surface area contributed by atoms with Gasteiger partial charge in [0, 0.05) is 54.0 Å². The molecule has 3 aromatic carbocycles. The van der Waals surface area contributed by atoms with Gasteiger partial charge in [-0.1, -0.05) is 51.1 Å². The molecule has 0 atom stereocenters. The first-order chi connectivity index (χ1) is 20.2. The highest BCUT2D eigenvalue weighted by molar-refractivity contribution is 6.06. The minimum absolute atomic E-state index is 0.124. The van der Waals surface area contributed by atoms with Gasteiger partial charge in [0.15, 0.2) is 0 Å². The zero-order valence-corrected chi connectivity index (χ0v) is 25.0. The zero-order chi connectivity index (χ0) is 30.1. The number of hydrogen-bond donors (Lipinski definition) is 3. The highest BCUT2D eigenvalue weighted by atomic mass is 16.5. The SMILES string of the molecule is CCOCCCNC(=O)c1ccc(Nc2nccc(-c3cccc(NC(=O)c4ccccc4C(C)(C)C)c3C)n2)cc1. The zero-order valence-electron chi connectivity index (χ0n) is 25.0. The molecular formula is C34H39N5O3. The Labute approximate surface area is 248 Å². The molecule has 0 saturated carbocycles. The lowest BCUT2D eigenvalue weighted by atomic mass is 9.83. The molecule has 0 aliphatic carbocycles. The summed E-state index contributed by atoms with van der Waals surface area (Å²) in [7, 11) is 0. The number of ether oxygens (including phenoxy) is 1. The van der Waals surface area contributed by atoms with Crippen LogP contribution in [-0.2, 0) is 10.2 Å². The first kappa shape index (κ1) is 30.4. The van der Waals surface area contributed by atoms with E-state index in [1.165, 1.54) is 0 Å². The molecule has 1 heterocycles. The molecule has 2 amide bonds. The van der Waals surface area contributed by atoms with Crippen molar-refractivity contribution in [2.24, 2.45) is 0 Å². The van der Waals surface area contributed by atoms with Crippen molar-refractivity contribution in [2.45, 2.75) is 46.5 Å². The van der Waals surface area contributed by atoms with Crippen LogP contribution in [0.2, 0.25) is 0 Å². The molecule has 0 fully saturated rings. The molecule has 4 rings (SSSR count). The number of hydrogen-bond acceptors (Lipinski definition) is 6. The molecule has 8 heteroatoms. The maximum absolute atomic E-state index is 13.3. The van der Waals surface area contributed by atoms with Gasteiger partial charge in [0.2, 0.25) is 5.95 Å². The summed E-state index contributed by atoms with van der Waals surface area (Å²) in [6, 6.07) is 22.5. The summed E-state index contributed by atoms with van der Waals surface area (Å²) < 4.78 is 5.30. The van der Waals surface area contributed by atoms with Crippen LogP contribution >= 0.6 is 0 Å². The van der Waals surface area contributed by atoms with Gasteiger partial charge in [-0.25, -0.2) is 9.97 Å². The Kier molecular flexibility index (Phi) is 10.0. The molecule has 218 valence electrons. The normalized spacial score (nSPS) is 11.2. The van der Waals surface area contributed by atoms with E-state index >= 15 is 0 Å². The largest absolute Gasteiger partial charge is 0.382 e. The number of rotatable bonds is 11. The molecular weight excluding hydrogens is 526 g/mol. The van der Waals surface area contributed by atoms with Crippen LogP contribution in [0.3, 0.4) is 0 Å². The Bertz CT molecular complexity index is 1530. The Morgan fingerprint density at radius 3 is 2.40 bits per heavy atom. The third kappa shape index (κ3) is 7.79. The standard InChI is InChI=1S/C34H39N5O3/c1-6-42-22-10-20-35-31(40)24-15-17-25(18-16-24)37-33-36-21-19-30(39-33)26-12-9-14-29(23(26)2)38-32(41)27-11-7-8-13-28(27)34(3,4)5/h7-9,11-19,21H,6,10,20,22H2,1-5H3,(H,35,40)(H,38,41)(H,36,37,39).